The molecule has 1 aliphatic heterocycles. The molecule has 1 fully saturated rings. The van der Waals surface area contributed by atoms with Gasteiger partial charge in [0.25, 0.3) is 15.7 Å². The molecule has 10 nitrogen and oxygen atoms in total. The maximum absolute atomic E-state index is 12.3. The van der Waals surface area contributed by atoms with Crippen LogP contribution in [0.1, 0.15) is 25.3 Å². The summed E-state index contributed by atoms with van der Waals surface area (Å²) in [4.78, 5) is 26.0. The second-order valence-corrected chi connectivity index (χ2v) is 8.42. The maximum Gasteiger partial charge on any atom is 0.293 e. The zero-order chi connectivity index (χ0) is 21.7. The SMILES string of the molecule is CC(=O)Nc1ccc(S(=O)(=O)N/N=C\c2ccc(N3CCCC3)c([N+](=O)[O-])c2)cc1. The van der Waals surface area contributed by atoms with E-state index in [1.165, 1.54) is 43.5 Å². The van der Waals surface area contributed by atoms with Crippen molar-refractivity contribution < 1.29 is 18.1 Å². The largest absolute Gasteiger partial charge is 0.366 e. The van der Waals surface area contributed by atoms with Gasteiger partial charge in [-0.2, -0.15) is 13.5 Å². The van der Waals surface area contributed by atoms with Crippen LogP contribution in [0.5, 0.6) is 0 Å². The molecule has 0 bridgehead atoms. The third-order valence-corrected chi connectivity index (χ3v) is 5.75. The summed E-state index contributed by atoms with van der Waals surface area (Å²) in [5.41, 5.74) is 1.37. The molecule has 0 radical (unpaired) electrons. The van der Waals surface area contributed by atoms with Gasteiger partial charge in [-0.3, -0.25) is 14.9 Å². The molecule has 3 rings (SSSR count). The number of anilines is 2. The first kappa shape index (κ1) is 21.2. The predicted molar refractivity (Wildman–Crippen MR) is 113 cm³/mol. The molecule has 2 aromatic carbocycles. The Bertz CT molecular complexity index is 1080. The second kappa shape index (κ2) is 8.91. The van der Waals surface area contributed by atoms with Gasteiger partial charge in [0.2, 0.25) is 5.91 Å². The molecule has 1 amide bonds. The maximum atomic E-state index is 12.3. The lowest BCUT2D eigenvalue weighted by Crippen LogP contribution is -2.19. The molecular weight excluding hydrogens is 410 g/mol. The first-order chi connectivity index (χ1) is 14.3. The molecule has 30 heavy (non-hydrogen) atoms. The van der Waals surface area contributed by atoms with Gasteiger partial charge in [-0.15, -0.1) is 0 Å². The summed E-state index contributed by atoms with van der Waals surface area (Å²) in [5, 5.41) is 17.7. The zero-order valence-corrected chi connectivity index (χ0v) is 17.1. The van der Waals surface area contributed by atoms with E-state index in [1.807, 2.05) is 4.90 Å². The first-order valence-electron chi connectivity index (χ1n) is 9.22. The van der Waals surface area contributed by atoms with Crippen molar-refractivity contribution in [1.82, 2.24) is 4.83 Å². The number of hydrogen-bond donors (Lipinski definition) is 2. The molecule has 0 atom stereocenters. The lowest BCUT2D eigenvalue weighted by Gasteiger charge is -2.17. The lowest BCUT2D eigenvalue weighted by atomic mass is 10.1. The molecule has 11 heteroatoms. The number of hydrogen-bond acceptors (Lipinski definition) is 7. The Morgan fingerprint density at radius 2 is 1.83 bits per heavy atom. The van der Waals surface area contributed by atoms with Crippen LogP contribution in [-0.4, -0.2) is 38.6 Å². The van der Waals surface area contributed by atoms with Crippen LogP contribution >= 0.6 is 0 Å². The van der Waals surface area contributed by atoms with Crippen molar-refractivity contribution >= 4 is 39.2 Å². The van der Waals surface area contributed by atoms with Gasteiger partial charge in [-0.1, -0.05) is 6.07 Å². The Morgan fingerprint density at radius 1 is 1.17 bits per heavy atom. The topological polar surface area (TPSA) is 134 Å². The Hall–Kier alpha value is -3.47. The number of hydrazone groups is 1. The van der Waals surface area contributed by atoms with Gasteiger partial charge in [0.1, 0.15) is 5.69 Å². The molecular formula is C19H21N5O5S. The number of nitro benzene ring substituents is 1. The number of rotatable bonds is 7. The van der Waals surface area contributed by atoms with Crippen molar-refractivity contribution in [2.75, 3.05) is 23.3 Å². The summed E-state index contributed by atoms with van der Waals surface area (Å²) < 4.78 is 24.7. The van der Waals surface area contributed by atoms with E-state index in [4.69, 9.17) is 0 Å². The molecule has 2 N–H and O–H groups in total. The van der Waals surface area contributed by atoms with Crippen molar-refractivity contribution in [1.29, 1.82) is 0 Å². The third-order valence-electron chi connectivity index (χ3n) is 4.51. The van der Waals surface area contributed by atoms with E-state index < -0.39 is 14.9 Å². The molecule has 0 saturated carbocycles. The smallest absolute Gasteiger partial charge is 0.293 e. The van der Waals surface area contributed by atoms with Crippen LogP contribution in [0.4, 0.5) is 17.1 Å². The van der Waals surface area contributed by atoms with E-state index in [0.717, 1.165) is 25.9 Å². The summed E-state index contributed by atoms with van der Waals surface area (Å²) in [6.45, 7) is 2.90. The van der Waals surface area contributed by atoms with Crippen molar-refractivity contribution in [3.8, 4) is 0 Å². The van der Waals surface area contributed by atoms with Gasteiger partial charge >= 0.3 is 0 Å². The number of benzene rings is 2. The van der Waals surface area contributed by atoms with E-state index >= 15 is 0 Å². The average Bonchev–Trinajstić information content (AvgIpc) is 3.22. The Morgan fingerprint density at radius 3 is 2.43 bits per heavy atom. The van der Waals surface area contributed by atoms with Gasteiger partial charge in [-0.05, 0) is 43.2 Å². The minimum atomic E-state index is -3.93. The van der Waals surface area contributed by atoms with Crippen LogP contribution < -0.4 is 15.0 Å². The third kappa shape index (κ3) is 5.11. The molecule has 0 aromatic heterocycles. The molecule has 0 unspecified atom stereocenters. The minimum absolute atomic E-state index is 0.0379. The van der Waals surface area contributed by atoms with Crippen LogP contribution in [0.15, 0.2) is 52.5 Å². The zero-order valence-electron chi connectivity index (χ0n) is 16.2. The molecule has 1 saturated heterocycles. The number of nitrogens with one attached hydrogen (secondary N) is 2. The number of nitro groups is 1. The van der Waals surface area contributed by atoms with Gasteiger partial charge in [0, 0.05) is 37.3 Å². The Labute approximate surface area is 173 Å². The highest BCUT2D eigenvalue weighted by atomic mass is 32.2. The summed E-state index contributed by atoms with van der Waals surface area (Å²) >= 11 is 0. The van der Waals surface area contributed by atoms with Gasteiger partial charge < -0.3 is 10.2 Å². The monoisotopic (exact) mass is 431 g/mol. The highest BCUT2D eigenvalue weighted by Crippen LogP contribution is 2.31. The molecule has 0 aliphatic carbocycles. The number of nitrogens with zero attached hydrogens (tertiary/aromatic N) is 3. The summed E-state index contributed by atoms with van der Waals surface area (Å²) in [6.07, 6.45) is 3.20. The van der Waals surface area contributed by atoms with Gasteiger partial charge in [-0.25, -0.2) is 4.83 Å². The van der Waals surface area contributed by atoms with E-state index in [-0.39, 0.29) is 16.5 Å². The fourth-order valence-electron chi connectivity index (χ4n) is 3.14. The fourth-order valence-corrected chi connectivity index (χ4v) is 3.93. The predicted octanol–water partition coefficient (Wildman–Crippen LogP) is 2.47. The second-order valence-electron chi connectivity index (χ2n) is 6.76. The Balaban J connectivity index is 1.73. The lowest BCUT2D eigenvalue weighted by molar-refractivity contribution is -0.384. The minimum Gasteiger partial charge on any atom is -0.366 e. The number of carbonyl (C=O) groups is 1. The normalized spacial score (nSPS) is 14.1. The van der Waals surface area contributed by atoms with E-state index in [2.05, 4.69) is 15.2 Å². The summed E-state index contributed by atoms with van der Waals surface area (Å²) in [7, 11) is -3.93. The highest BCUT2D eigenvalue weighted by Gasteiger charge is 2.22. The number of sulfonamides is 1. The van der Waals surface area contributed by atoms with Crippen LogP contribution in [-0.2, 0) is 14.8 Å². The molecule has 158 valence electrons. The van der Waals surface area contributed by atoms with Gasteiger partial charge in [0.05, 0.1) is 16.0 Å². The van der Waals surface area contributed by atoms with Crippen LogP contribution in [0, 0.1) is 10.1 Å². The van der Waals surface area contributed by atoms with E-state index in [0.29, 0.717) is 16.9 Å². The highest BCUT2D eigenvalue weighted by molar-refractivity contribution is 7.89. The van der Waals surface area contributed by atoms with Crippen LogP contribution in [0.3, 0.4) is 0 Å². The summed E-state index contributed by atoms with van der Waals surface area (Å²) in [5.74, 6) is -0.266. The van der Waals surface area contributed by atoms with E-state index in [9.17, 15) is 23.3 Å². The number of carbonyl (C=O) groups excluding carboxylic acids is 1. The Kier molecular flexibility index (Phi) is 6.31. The van der Waals surface area contributed by atoms with Crippen LogP contribution in [0.25, 0.3) is 0 Å². The van der Waals surface area contributed by atoms with Crippen molar-refractivity contribution in [2.24, 2.45) is 5.10 Å². The summed E-state index contributed by atoms with van der Waals surface area (Å²) in [6, 6.07) is 10.3. The molecule has 0 spiro atoms. The quantitative estimate of drug-likeness (QED) is 0.393. The molecule has 1 heterocycles. The van der Waals surface area contributed by atoms with Crippen molar-refractivity contribution in [3.05, 3.63) is 58.1 Å². The first-order valence-corrected chi connectivity index (χ1v) is 10.7. The van der Waals surface area contributed by atoms with Crippen LogP contribution in [0.2, 0.25) is 0 Å². The molecule has 2 aromatic rings. The molecule has 1 aliphatic rings. The van der Waals surface area contributed by atoms with Gasteiger partial charge in [0.15, 0.2) is 0 Å². The van der Waals surface area contributed by atoms with Crippen molar-refractivity contribution in [3.63, 3.8) is 0 Å². The fraction of sp³-hybridized carbons (Fsp3) is 0.263. The average molecular weight is 431 g/mol. The van der Waals surface area contributed by atoms with Crippen molar-refractivity contribution in [2.45, 2.75) is 24.7 Å². The number of amides is 1. The standard InChI is InChI=1S/C19H21N5O5S/c1-14(25)21-16-5-7-17(8-6-16)30(28,29)22-20-13-15-4-9-18(19(12-15)24(26)27)23-10-2-3-11-23/h4-9,12-13,22H,2-3,10-11H2,1H3,(H,21,25)/b20-13-. The van der Waals surface area contributed by atoms with E-state index in [1.54, 1.807) is 12.1 Å².